The number of nitrogens with one attached hydrogen (secondary N) is 4. The second kappa shape index (κ2) is 11.4. The first-order valence-corrected chi connectivity index (χ1v) is 14.6. The number of hydrogen-bond acceptors (Lipinski definition) is 8. The molecular formula is C26H33ClN8O2S. The summed E-state index contributed by atoms with van der Waals surface area (Å²) in [6, 6.07) is 13.8. The van der Waals surface area contributed by atoms with Gasteiger partial charge in [-0.15, -0.1) is 0 Å². The molecule has 1 aliphatic heterocycles. The number of benzene rings is 2. The molecule has 10 nitrogen and oxygen atoms in total. The van der Waals surface area contributed by atoms with E-state index in [-0.39, 0.29) is 12.6 Å². The SMILES string of the molecule is Cc1cc(Nc2ncc(Cl)c(Nc3ccc(CNS(=O)(=O)NC4CC4)cc3)n2)ccc1N1CCN(C)CC1. The maximum absolute atomic E-state index is 12.0. The van der Waals surface area contributed by atoms with Gasteiger partial charge in [-0.1, -0.05) is 23.7 Å². The fourth-order valence-electron chi connectivity index (χ4n) is 4.26. The fourth-order valence-corrected chi connectivity index (χ4v) is 5.52. The van der Waals surface area contributed by atoms with Gasteiger partial charge in [-0.3, -0.25) is 0 Å². The number of likely N-dealkylation sites (N-methyl/N-ethyl adjacent to an activating group) is 1. The van der Waals surface area contributed by atoms with Gasteiger partial charge in [0.15, 0.2) is 5.82 Å². The summed E-state index contributed by atoms with van der Waals surface area (Å²) in [4.78, 5) is 13.7. The van der Waals surface area contributed by atoms with Gasteiger partial charge in [-0.25, -0.2) is 4.98 Å². The van der Waals surface area contributed by atoms with E-state index in [0.29, 0.717) is 16.8 Å². The minimum absolute atomic E-state index is 0.0709. The first-order chi connectivity index (χ1) is 18.2. The Morgan fingerprint density at radius 1 is 1.00 bits per heavy atom. The summed E-state index contributed by atoms with van der Waals surface area (Å²) < 4.78 is 29.2. The molecule has 0 amide bonds. The Morgan fingerprint density at radius 2 is 1.71 bits per heavy atom. The normalized spacial score (nSPS) is 16.4. The van der Waals surface area contributed by atoms with Gasteiger partial charge in [0.1, 0.15) is 5.02 Å². The molecule has 5 rings (SSSR count). The Morgan fingerprint density at radius 3 is 2.39 bits per heavy atom. The standard InChI is InChI=1S/C26H33ClN8O2S/c1-18-15-22(9-10-24(18)35-13-11-34(2)12-14-35)31-26-28-17-23(27)25(32-26)30-20-5-3-19(4-6-20)16-29-38(36,37)33-21-7-8-21/h3-6,9-10,15,17,21,29,33H,7-8,11-14,16H2,1-2H3,(H2,28,30,31,32). The van der Waals surface area contributed by atoms with Crippen molar-refractivity contribution in [1.82, 2.24) is 24.3 Å². The zero-order valence-electron chi connectivity index (χ0n) is 21.5. The summed E-state index contributed by atoms with van der Waals surface area (Å²) in [6.45, 7) is 6.49. The summed E-state index contributed by atoms with van der Waals surface area (Å²) in [6.07, 6.45) is 3.35. The van der Waals surface area contributed by atoms with Gasteiger partial charge in [0.25, 0.3) is 10.2 Å². The van der Waals surface area contributed by atoms with Crippen molar-refractivity contribution in [3.05, 3.63) is 64.8 Å². The lowest BCUT2D eigenvalue weighted by molar-refractivity contribution is 0.312. The highest BCUT2D eigenvalue weighted by Gasteiger charge is 2.26. The van der Waals surface area contributed by atoms with E-state index in [1.54, 1.807) is 6.20 Å². The lowest BCUT2D eigenvalue weighted by Gasteiger charge is -2.35. The highest BCUT2D eigenvalue weighted by atomic mass is 35.5. The Kier molecular flexibility index (Phi) is 8.01. The van der Waals surface area contributed by atoms with E-state index >= 15 is 0 Å². The van der Waals surface area contributed by atoms with Gasteiger partial charge in [0.2, 0.25) is 5.95 Å². The minimum atomic E-state index is -3.49. The first kappa shape index (κ1) is 26.6. The lowest BCUT2D eigenvalue weighted by Crippen LogP contribution is -2.44. The number of nitrogens with zero attached hydrogens (tertiary/aromatic N) is 4. The van der Waals surface area contributed by atoms with Gasteiger partial charge >= 0.3 is 0 Å². The van der Waals surface area contributed by atoms with E-state index in [2.05, 4.69) is 65.9 Å². The van der Waals surface area contributed by atoms with E-state index in [4.69, 9.17) is 11.6 Å². The van der Waals surface area contributed by atoms with Crippen molar-refractivity contribution in [2.75, 3.05) is 48.8 Å². The molecular weight excluding hydrogens is 524 g/mol. The zero-order valence-corrected chi connectivity index (χ0v) is 23.1. The van der Waals surface area contributed by atoms with Crippen LogP contribution in [0.1, 0.15) is 24.0 Å². The summed E-state index contributed by atoms with van der Waals surface area (Å²) in [7, 11) is -1.33. The summed E-state index contributed by atoms with van der Waals surface area (Å²) in [5.41, 5.74) is 4.95. The topological polar surface area (TPSA) is 115 Å². The van der Waals surface area contributed by atoms with Crippen LogP contribution in [0.4, 0.5) is 28.8 Å². The number of aryl methyl sites for hydroxylation is 1. The number of anilines is 5. The number of piperazine rings is 1. The summed E-state index contributed by atoms with van der Waals surface area (Å²) >= 11 is 6.36. The van der Waals surface area contributed by atoms with E-state index in [9.17, 15) is 8.42 Å². The molecule has 2 fully saturated rings. The molecule has 38 heavy (non-hydrogen) atoms. The molecule has 0 bridgehead atoms. The lowest BCUT2D eigenvalue weighted by atomic mass is 10.1. The molecule has 2 aliphatic rings. The van der Waals surface area contributed by atoms with Crippen molar-refractivity contribution in [2.24, 2.45) is 0 Å². The van der Waals surface area contributed by atoms with E-state index < -0.39 is 10.2 Å². The van der Waals surface area contributed by atoms with Crippen LogP contribution >= 0.6 is 11.6 Å². The molecule has 1 aliphatic carbocycles. The molecule has 0 atom stereocenters. The zero-order chi connectivity index (χ0) is 26.7. The first-order valence-electron chi connectivity index (χ1n) is 12.7. The number of aromatic nitrogens is 2. The van der Waals surface area contributed by atoms with Crippen LogP contribution in [0.2, 0.25) is 5.02 Å². The maximum Gasteiger partial charge on any atom is 0.277 e. The van der Waals surface area contributed by atoms with Gasteiger partial charge < -0.3 is 20.4 Å². The predicted molar refractivity (Wildman–Crippen MR) is 153 cm³/mol. The highest BCUT2D eigenvalue weighted by molar-refractivity contribution is 7.87. The third-order valence-corrected chi connectivity index (χ3v) is 8.07. The Bertz CT molecular complexity index is 1370. The Balaban J connectivity index is 1.20. The molecule has 0 spiro atoms. The molecule has 12 heteroatoms. The fraction of sp³-hybridized carbons (Fsp3) is 0.385. The number of rotatable bonds is 10. The van der Waals surface area contributed by atoms with Crippen molar-refractivity contribution < 1.29 is 8.42 Å². The molecule has 0 unspecified atom stereocenters. The van der Waals surface area contributed by atoms with Crippen LogP contribution in [0.15, 0.2) is 48.7 Å². The van der Waals surface area contributed by atoms with Crippen LogP contribution in [0, 0.1) is 6.92 Å². The molecule has 3 aromatic rings. The van der Waals surface area contributed by atoms with Crippen LogP contribution in [-0.2, 0) is 16.8 Å². The number of halogens is 1. The van der Waals surface area contributed by atoms with Crippen molar-refractivity contribution in [2.45, 2.75) is 32.4 Å². The highest BCUT2D eigenvalue weighted by Crippen LogP contribution is 2.28. The molecule has 4 N–H and O–H groups in total. The number of hydrogen-bond donors (Lipinski definition) is 4. The van der Waals surface area contributed by atoms with Crippen LogP contribution < -0.4 is 25.0 Å². The molecule has 2 aromatic carbocycles. The van der Waals surface area contributed by atoms with E-state index in [1.807, 2.05) is 30.3 Å². The van der Waals surface area contributed by atoms with Crippen molar-refractivity contribution >= 4 is 50.6 Å². The largest absolute Gasteiger partial charge is 0.369 e. The second-order valence-corrected chi connectivity index (χ2v) is 11.8. The monoisotopic (exact) mass is 556 g/mol. The van der Waals surface area contributed by atoms with Gasteiger partial charge in [-0.2, -0.15) is 22.8 Å². The van der Waals surface area contributed by atoms with Crippen LogP contribution in [-0.4, -0.2) is 62.6 Å². The van der Waals surface area contributed by atoms with Crippen LogP contribution in [0.5, 0.6) is 0 Å². The molecule has 2 heterocycles. The average Bonchev–Trinajstić information content (AvgIpc) is 3.70. The molecule has 1 aromatic heterocycles. The van der Waals surface area contributed by atoms with Crippen molar-refractivity contribution in [1.29, 1.82) is 0 Å². The second-order valence-electron chi connectivity index (χ2n) is 9.85. The van der Waals surface area contributed by atoms with E-state index in [1.165, 1.54) is 11.3 Å². The van der Waals surface area contributed by atoms with Gasteiger partial charge in [0, 0.05) is 55.8 Å². The third kappa shape index (κ3) is 7.12. The van der Waals surface area contributed by atoms with Crippen molar-refractivity contribution in [3.63, 3.8) is 0 Å². The van der Waals surface area contributed by atoms with Crippen LogP contribution in [0.3, 0.4) is 0 Å². The average molecular weight is 557 g/mol. The predicted octanol–water partition coefficient (Wildman–Crippen LogP) is 3.76. The van der Waals surface area contributed by atoms with Crippen molar-refractivity contribution in [3.8, 4) is 0 Å². The smallest absolute Gasteiger partial charge is 0.277 e. The quantitative estimate of drug-likeness (QED) is 0.298. The molecule has 0 radical (unpaired) electrons. The molecule has 1 saturated carbocycles. The van der Waals surface area contributed by atoms with Crippen LogP contribution in [0.25, 0.3) is 0 Å². The summed E-state index contributed by atoms with van der Waals surface area (Å²) in [5, 5.41) is 6.88. The Labute approximate surface area is 229 Å². The Hall–Kier alpha value is -2.96. The minimum Gasteiger partial charge on any atom is -0.369 e. The summed E-state index contributed by atoms with van der Waals surface area (Å²) in [5.74, 6) is 0.898. The van der Waals surface area contributed by atoms with Gasteiger partial charge in [-0.05, 0) is 68.3 Å². The van der Waals surface area contributed by atoms with E-state index in [0.717, 1.165) is 56.0 Å². The molecule has 202 valence electrons. The van der Waals surface area contributed by atoms with Gasteiger partial charge in [0.05, 0.1) is 6.20 Å². The third-order valence-electron chi connectivity index (χ3n) is 6.62. The maximum atomic E-state index is 12.0. The molecule has 1 saturated heterocycles.